The van der Waals surface area contributed by atoms with Gasteiger partial charge in [-0.1, -0.05) is 24.3 Å². The number of aromatic nitrogens is 2. The van der Waals surface area contributed by atoms with Crippen molar-refractivity contribution in [3.63, 3.8) is 0 Å². The molecule has 1 aliphatic heterocycles. The predicted octanol–water partition coefficient (Wildman–Crippen LogP) is 1.51. The van der Waals surface area contributed by atoms with Gasteiger partial charge in [0, 0.05) is 13.1 Å². The van der Waals surface area contributed by atoms with E-state index in [0.29, 0.717) is 12.5 Å². The molecular weight excluding hydrogens is 282 g/mol. The van der Waals surface area contributed by atoms with E-state index >= 15 is 0 Å². The molecule has 0 amide bonds. The minimum atomic E-state index is -0.646. The van der Waals surface area contributed by atoms with Gasteiger partial charge in [-0.15, -0.1) is 0 Å². The second-order valence-corrected chi connectivity index (χ2v) is 5.11. The van der Waals surface area contributed by atoms with Crippen LogP contribution >= 0.6 is 0 Å². The standard InChI is InChI=1S/C16H17N3O3/c1-2-22-15(21)13-9-17-16(18-14(13)20)19-8-7-11-5-3-4-6-12(11)10-19/h3-6,9H,2,7-8,10H2,1H3,(H,17,18,20). The molecule has 0 radical (unpaired) electrons. The summed E-state index contributed by atoms with van der Waals surface area (Å²) >= 11 is 0. The number of hydrogen-bond acceptors (Lipinski definition) is 5. The Kier molecular flexibility index (Phi) is 3.91. The highest BCUT2D eigenvalue weighted by Crippen LogP contribution is 2.21. The Morgan fingerprint density at radius 3 is 2.86 bits per heavy atom. The zero-order valence-electron chi connectivity index (χ0n) is 12.3. The van der Waals surface area contributed by atoms with E-state index in [4.69, 9.17) is 4.74 Å². The molecule has 0 bridgehead atoms. The molecule has 1 aromatic carbocycles. The summed E-state index contributed by atoms with van der Waals surface area (Å²) in [6, 6.07) is 8.23. The number of nitrogens with one attached hydrogen (secondary N) is 1. The molecule has 2 heterocycles. The Balaban J connectivity index is 1.84. The van der Waals surface area contributed by atoms with Crippen molar-refractivity contribution in [2.45, 2.75) is 19.9 Å². The first-order valence-corrected chi connectivity index (χ1v) is 7.27. The third-order valence-corrected chi connectivity index (χ3v) is 3.71. The van der Waals surface area contributed by atoms with Gasteiger partial charge in [-0.3, -0.25) is 9.78 Å². The number of aromatic amines is 1. The van der Waals surface area contributed by atoms with Crippen molar-refractivity contribution in [1.82, 2.24) is 9.97 Å². The van der Waals surface area contributed by atoms with Gasteiger partial charge in [-0.25, -0.2) is 9.78 Å². The van der Waals surface area contributed by atoms with E-state index in [2.05, 4.69) is 22.1 Å². The SMILES string of the molecule is CCOC(=O)c1cnc(N2CCc3ccccc3C2)[nH]c1=O. The average Bonchev–Trinajstić information content (AvgIpc) is 2.54. The highest BCUT2D eigenvalue weighted by Gasteiger charge is 2.19. The Morgan fingerprint density at radius 1 is 1.36 bits per heavy atom. The van der Waals surface area contributed by atoms with E-state index in [1.54, 1.807) is 6.92 Å². The molecule has 2 aromatic rings. The van der Waals surface area contributed by atoms with Crippen molar-refractivity contribution >= 4 is 11.9 Å². The molecule has 3 rings (SSSR count). The lowest BCUT2D eigenvalue weighted by molar-refractivity contribution is 0.0523. The molecule has 0 fully saturated rings. The fourth-order valence-corrected chi connectivity index (χ4v) is 2.58. The minimum absolute atomic E-state index is 0.0667. The Labute approximate surface area is 127 Å². The van der Waals surface area contributed by atoms with E-state index in [9.17, 15) is 9.59 Å². The van der Waals surface area contributed by atoms with Crippen LogP contribution in [0, 0.1) is 0 Å². The van der Waals surface area contributed by atoms with Crippen LogP contribution in [-0.4, -0.2) is 29.1 Å². The molecule has 0 atom stereocenters. The van der Waals surface area contributed by atoms with Gasteiger partial charge < -0.3 is 9.64 Å². The average molecular weight is 299 g/mol. The first-order valence-electron chi connectivity index (χ1n) is 7.27. The quantitative estimate of drug-likeness (QED) is 0.870. The number of benzene rings is 1. The fourth-order valence-electron chi connectivity index (χ4n) is 2.58. The first kappa shape index (κ1) is 14.3. The number of anilines is 1. The summed E-state index contributed by atoms with van der Waals surface area (Å²) < 4.78 is 4.83. The maximum absolute atomic E-state index is 12.0. The van der Waals surface area contributed by atoms with Crippen LogP contribution in [0.2, 0.25) is 0 Å². The van der Waals surface area contributed by atoms with Crippen molar-refractivity contribution < 1.29 is 9.53 Å². The number of nitrogens with zero attached hydrogens (tertiary/aromatic N) is 2. The van der Waals surface area contributed by atoms with E-state index in [0.717, 1.165) is 13.0 Å². The van der Waals surface area contributed by atoms with E-state index in [1.165, 1.54) is 17.3 Å². The zero-order chi connectivity index (χ0) is 15.5. The first-order chi connectivity index (χ1) is 10.7. The summed E-state index contributed by atoms with van der Waals surface area (Å²) in [5.41, 5.74) is 2.01. The summed E-state index contributed by atoms with van der Waals surface area (Å²) in [7, 11) is 0. The number of hydrogen-bond donors (Lipinski definition) is 1. The van der Waals surface area contributed by atoms with Crippen molar-refractivity contribution in [3.05, 3.63) is 57.5 Å². The Morgan fingerprint density at radius 2 is 2.14 bits per heavy atom. The minimum Gasteiger partial charge on any atom is -0.462 e. The molecule has 1 aromatic heterocycles. The molecule has 0 saturated carbocycles. The molecule has 1 N–H and O–H groups in total. The number of esters is 1. The van der Waals surface area contributed by atoms with Gasteiger partial charge in [0.15, 0.2) is 0 Å². The van der Waals surface area contributed by atoms with Gasteiger partial charge in [-0.2, -0.15) is 0 Å². The maximum atomic E-state index is 12.0. The summed E-state index contributed by atoms with van der Waals surface area (Å²) in [6.45, 7) is 3.39. The molecule has 114 valence electrons. The second-order valence-electron chi connectivity index (χ2n) is 5.11. The van der Waals surface area contributed by atoms with E-state index < -0.39 is 11.5 Å². The monoisotopic (exact) mass is 299 g/mol. The molecule has 0 unspecified atom stereocenters. The normalized spacial score (nSPS) is 13.6. The van der Waals surface area contributed by atoms with Crippen LogP contribution in [0.5, 0.6) is 0 Å². The topological polar surface area (TPSA) is 75.3 Å². The largest absolute Gasteiger partial charge is 0.462 e. The highest BCUT2D eigenvalue weighted by molar-refractivity contribution is 5.88. The third-order valence-electron chi connectivity index (χ3n) is 3.71. The molecule has 22 heavy (non-hydrogen) atoms. The lowest BCUT2D eigenvalue weighted by Gasteiger charge is -2.29. The number of H-pyrrole nitrogens is 1. The zero-order valence-corrected chi connectivity index (χ0v) is 12.3. The maximum Gasteiger partial charge on any atom is 0.345 e. The van der Waals surface area contributed by atoms with Gasteiger partial charge in [0.2, 0.25) is 5.95 Å². The van der Waals surface area contributed by atoms with Crippen LogP contribution in [0.3, 0.4) is 0 Å². The van der Waals surface area contributed by atoms with E-state index in [-0.39, 0.29) is 12.2 Å². The van der Waals surface area contributed by atoms with Crippen molar-refractivity contribution in [3.8, 4) is 0 Å². The molecular formula is C16H17N3O3. The molecule has 0 spiro atoms. The second kappa shape index (κ2) is 6.01. The summed E-state index contributed by atoms with van der Waals surface area (Å²) in [5.74, 6) is -0.167. The number of ether oxygens (including phenoxy) is 1. The molecule has 6 heteroatoms. The van der Waals surface area contributed by atoms with Gasteiger partial charge in [0.05, 0.1) is 12.8 Å². The molecule has 1 aliphatic rings. The summed E-state index contributed by atoms with van der Waals surface area (Å²) in [4.78, 5) is 32.5. The van der Waals surface area contributed by atoms with Crippen LogP contribution in [0.1, 0.15) is 28.4 Å². The predicted molar refractivity (Wildman–Crippen MR) is 82.0 cm³/mol. The smallest absolute Gasteiger partial charge is 0.345 e. The van der Waals surface area contributed by atoms with Gasteiger partial charge in [0.1, 0.15) is 5.56 Å². The lowest BCUT2D eigenvalue weighted by Crippen LogP contribution is -2.34. The van der Waals surface area contributed by atoms with Gasteiger partial charge in [0.25, 0.3) is 5.56 Å². The number of carbonyl (C=O) groups excluding carboxylic acids is 1. The van der Waals surface area contributed by atoms with Crippen LogP contribution in [0.15, 0.2) is 35.3 Å². The third kappa shape index (κ3) is 2.72. The van der Waals surface area contributed by atoms with Crippen LogP contribution in [-0.2, 0) is 17.7 Å². The lowest BCUT2D eigenvalue weighted by atomic mass is 10.0. The van der Waals surface area contributed by atoms with Crippen LogP contribution < -0.4 is 10.5 Å². The number of fused-ring (bicyclic) bond motifs is 1. The van der Waals surface area contributed by atoms with Crippen molar-refractivity contribution in [2.24, 2.45) is 0 Å². The van der Waals surface area contributed by atoms with Crippen molar-refractivity contribution in [2.75, 3.05) is 18.1 Å². The van der Waals surface area contributed by atoms with Gasteiger partial charge in [-0.05, 0) is 24.5 Å². The van der Waals surface area contributed by atoms with Gasteiger partial charge >= 0.3 is 5.97 Å². The number of carbonyl (C=O) groups is 1. The van der Waals surface area contributed by atoms with Crippen LogP contribution in [0.25, 0.3) is 0 Å². The van der Waals surface area contributed by atoms with Crippen molar-refractivity contribution in [1.29, 1.82) is 0 Å². The Bertz CT molecular complexity index is 754. The highest BCUT2D eigenvalue weighted by atomic mass is 16.5. The molecule has 0 aliphatic carbocycles. The fraction of sp³-hybridized carbons (Fsp3) is 0.312. The molecule has 0 saturated heterocycles. The number of rotatable bonds is 3. The summed E-state index contributed by atoms with van der Waals surface area (Å²) in [5, 5.41) is 0. The molecule has 6 nitrogen and oxygen atoms in total. The Hall–Kier alpha value is -2.63. The summed E-state index contributed by atoms with van der Waals surface area (Å²) in [6.07, 6.45) is 2.19. The van der Waals surface area contributed by atoms with E-state index in [1.807, 2.05) is 17.0 Å². The van der Waals surface area contributed by atoms with Crippen LogP contribution in [0.4, 0.5) is 5.95 Å².